The summed E-state index contributed by atoms with van der Waals surface area (Å²) in [6, 6.07) is 4.36. The number of primary amides is 1. The first-order valence-electron chi connectivity index (χ1n) is 6.86. The lowest BCUT2D eigenvalue weighted by molar-refractivity contribution is 0.0995. The van der Waals surface area contributed by atoms with E-state index < -0.39 is 5.91 Å². The van der Waals surface area contributed by atoms with Crippen LogP contribution in [0.25, 0.3) is 0 Å². The lowest BCUT2D eigenvalue weighted by atomic mass is 9.91. The van der Waals surface area contributed by atoms with Gasteiger partial charge in [-0.05, 0) is 37.9 Å². The molecule has 2 aliphatic rings. The first-order valence-corrected chi connectivity index (χ1v) is 6.86. The van der Waals surface area contributed by atoms with E-state index in [0.717, 1.165) is 24.7 Å². The second-order valence-electron chi connectivity index (χ2n) is 5.65. The average molecular weight is 260 g/mol. The molecule has 2 N–H and O–H groups in total. The van der Waals surface area contributed by atoms with Crippen molar-refractivity contribution in [2.45, 2.75) is 18.9 Å². The Labute approximate surface area is 113 Å². The third-order valence-corrected chi connectivity index (χ3v) is 4.29. The molecule has 5 nitrogen and oxygen atoms in total. The van der Waals surface area contributed by atoms with Gasteiger partial charge < -0.3 is 15.5 Å². The maximum Gasteiger partial charge on any atom is 0.267 e. The molecule has 0 radical (unpaired) electrons. The van der Waals surface area contributed by atoms with Gasteiger partial charge in [0.15, 0.2) is 0 Å². The predicted molar refractivity (Wildman–Crippen MR) is 74.1 cm³/mol. The molecular weight excluding hydrogens is 240 g/mol. The number of likely N-dealkylation sites (tertiary alicyclic amines) is 1. The number of pyridine rings is 1. The highest BCUT2D eigenvalue weighted by atomic mass is 16.1. The molecule has 0 spiro atoms. The highest BCUT2D eigenvalue weighted by Crippen LogP contribution is 2.33. The zero-order chi connectivity index (χ0) is 13.4. The lowest BCUT2D eigenvalue weighted by Gasteiger charge is -2.38. The fourth-order valence-electron chi connectivity index (χ4n) is 3.44. The van der Waals surface area contributed by atoms with Gasteiger partial charge >= 0.3 is 0 Å². The molecule has 5 heteroatoms. The maximum absolute atomic E-state index is 11.2. The monoisotopic (exact) mass is 260 g/mol. The van der Waals surface area contributed by atoms with Gasteiger partial charge in [0.2, 0.25) is 0 Å². The Balaban J connectivity index is 1.88. The summed E-state index contributed by atoms with van der Waals surface area (Å²) < 4.78 is 0. The molecule has 2 aliphatic heterocycles. The molecule has 2 saturated heterocycles. The SMILES string of the molecule is CN1C[C@@H]2CCCN(c3ccnc(C(N)=O)c3)[C@@H]2C1. The number of hydrogen-bond acceptors (Lipinski definition) is 4. The zero-order valence-electron chi connectivity index (χ0n) is 11.2. The van der Waals surface area contributed by atoms with Crippen molar-refractivity contribution < 1.29 is 4.79 Å². The number of aromatic nitrogens is 1. The standard InChI is InChI=1S/C14H20N4O/c1-17-8-10-3-2-6-18(13(10)9-17)11-4-5-16-12(7-11)14(15)19/h4-5,7,10,13H,2-3,6,8-9H2,1H3,(H2,15,19)/t10-,13+/m0/s1. The first kappa shape index (κ1) is 12.4. The molecule has 0 aromatic carbocycles. The van der Waals surface area contributed by atoms with Crippen LogP contribution in [0.3, 0.4) is 0 Å². The highest BCUT2D eigenvalue weighted by Gasteiger charge is 2.37. The van der Waals surface area contributed by atoms with Crippen LogP contribution in [0.4, 0.5) is 5.69 Å². The minimum Gasteiger partial charge on any atom is -0.367 e. The highest BCUT2D eigenvalue weighted by molar-refractivity contribution is 5.91. The van der Waals surface area contributed by atoms with E-state index in [1.54, 1.807) is 6.20 Å². The second kappa shape index (κ2) is 4.81. The van der Waals surface area contributed by atoms with E-state index in [1.165, 1.54) is 19.4 Å². The van der Waals surface area contributed by atoms with Crippen LogP contribution in [0.1, 0.15) is 23.3 Å². The van der Waals surface area contributed by atoms with Crippen molar-refractivity contribution in [2.75, 3.05) is 31.6 Å². The lowest BCUT2D eigenvalue weighted by Crippen LogP contribution is -2.45. The Morgan fingerprint density at radius 1 is 1.47 bits per heavy atom. The van der Waals surface area contributed by atoms with Crippen molar-refractivity contribution >= 4 is 11.6 Å². The number of carbonyl (C=O) groups excluding carboxylic acids is 1. The summed E-state index contributed by atoms with van der Waals surface area (Å²) in [5, 5.41) is 0. The second-order valence-corrected chi connectivity index (χ2v) is 5.65. The van der Waals surface area contributed by atoms with Gasteiger partial charge in [0.1, 0.15) is 5.69 Å². The number of piperidine rings is 1. The van der Waals surface area contributed by atoms with E-state index in [2.05, 4.69) is 21.8 Å². The Bertz CT molecular complexity index is 490. The van der Waals surface area contributed by atoms with Crippen molar-refractivity contribution in [3.05, 3.63) is 24.0 Å². The summed E-state index contributed by atoms with van der Waals surface area (Å²) in [7, 11) is 2.18. The van der Waals surface area contributed by atoms with Crippen molar-refractivity contribution in [3.8, 4) is 0 Å². The molecule has 1 aromatic rings. The number of likely N-dealkylation sites (N-methyl/N-ethyl adjacent to an activating group) is 1. The van der Waals surface area contributed by atoms with Gasteiger partial charge in [-0.15, -0.1) is 0 Å². The van der Waals surface area contributed by atoms with E-state index in [9.17, 15) is 4.79 Å². The fraction of sp³-hybridized carbons (Fsp3) is 0.571. The van der Waals surface area contributed by atoms with Crippen molar-refractivity contribution in [1.82, 2.24) is 9.88 Å². The Kier molecular flexibility index (Phi) is 3.14. The summed E-state index contributed by atoms with van der Waals surface area (Å²) in [4.78, 5) is 20.1. The minimum atomic E-state index is -0.459. The molecule has 1 aromatic heterocycles. The number of hydrogen-bond donors (Lipinski definition) is 1. The van der Waals surface area contributed by atoms with Gasteiger partial charge in [-0.3, -0.25) is 9.78 Å². The van der Waals surface area contributed by atoms with Gasteiger partial charge in [0.05, 0.1) is 0 Å². The molecule has 102 valence electrons. The van der Waals surface area contributed by atoms with E-state index in [4.69, 9.17) is 5.73 Å². The third kappa shape index (κ3) is 2.30. The number of nitrogens with zero attached hydrogens (tertiary/aromatic N) is 3. The number of nitrogens with two attached hydrogens (primary N) is 1. The van der Waals surface area contributed by atoms with Crippen LogP contribution in [0.15, 0.2) is 18.3 Å². The van der Waals surface area contributed by atoms with E-state index in [-0.39, 0.29) is 0 Å². The average Bonchev–Trinajstić information content (AvgIpc) is 2.78. The number of amides is 1. The van der Waals surface area contributed by atoms with Crippen LogP contribution in [0.2, 0.25) is 0 Å². The number of carbonyl (C=O) groups is 1. The zero-order valence-corrected chi connectivity index (χ0v) is 11.2. The van der Waals surface area contributed by atoms with Gasteiger partial charge in [-0.2, -0.15) is 0 Å². The molecule has 0 bridgehead atoms. The molecule has 2 atom stereocenters. The normalized spacial score (nSPS) is 27.3. The van der Waals surface area contributed by atoms with E-state index in [1.807, 2.05) is 12.1 Å². The third-order valence-electron chi connectivity index (χ3n) is 4.29. The Hall–Kier alpha value is -1.62. The maximum atomic E-state index is 11.2. The number of rotatable bonds is 2. The molecule has 0 saturated carbocycles. The summed E-state index contributed by atoms with van der Waals surface area (Å²) >= 11 is 0. The molecule has 3 rings (SSSR count). The summed E-state index contributed by atoms with van der Waals surface area (Å²) in [5.41, 5.74) is 6.74. The number of anilines is 1. The van der Waals surface area contributed by atoms with Gasteiger partial charge in [0, 0.05) is 37.6 Å². The fourth-order valence-corrected chi connectivity index (χ4v) is 3.44. The summed E-state index contributed by atoms with van der Waals surface area (Å²) in [5.74, 6) is 0.280. The van der Waals surface area contributed by atoms with Crippen LogP contribution in [0, 0.1) is 5.92 Å². The van der Waals surface area contributed by atoms with Crippen LogP contribution in [0.5, 0.6) is 0 Å². The van der Waals surface area contributed by atoms with Gasteiger partial charge in [-0.1, -0.05) is 0 Å². The summed E-state index contributed by atoms with van der Waals surface area (Å²) in [6.45, 7) is 3.32. The molecule has 19 heavy (non-hydrogen) atoms. The quantitative estimate of drug-likeness (QED) is 0.850. The molecule has 3 heterocycles. The van der Waals surface area contributed by atoms with E-state index >= 15 is 0 Å². The molecule has 0 aliphatic carbocycles. The van der Waals surface area contributed by atoms with Crippen molar-refractivity contribution in [3.63, 3.8) is 0 Å². The minimum absolute atomic E-state index is 0.353. The molecule has 2 fully saturated rings. The van der Waals surface area contributed by atoms with Crippen LogP contribution >= 0.6 is 0 Å². The van der Waals surface area contributed by atoms with Gasteiger partial charge in [-0.25, -0.2) is 0 Å². The molecule has 0 unspecified atom stereocenters. The first-order chi connectivity index (χ1) is 9.15. The van der Waals surface area contributed by atoms with Crippen molar-refractivity contribution in [1.29, 1.82) is 0 Å². The Morgan fingerprint density at radius 3 is 3.11 bits per heavy atom. The van der Waals surface area contributed by atoms with Crippen LogP contribution in [-0.4, -0.2) is 48.5 Å². The molecular formula is C14H20N4O. The van der Waals surface area contributed by atoms with Crippen LogP contribution in [-0.2, 0) is 0 Å². The smallest absolute Gasteiger partial charge is 0.267 e. The van der Waals surface area contributed by atoms with Crippen molar-refractivity contribution in [2.24, 2.45) is 11.7 Å². The number of fused-ring (bicyclic) bond motifs is 1. The van der Waals surface area contributed by atoms with Gasteiger partial charge in [0.25, 0.3) is 5.91 Å². The van der Waals surface area contributed by atoms with E-state index in [0.29, 0.717) is 11.7 Å². The van der Waals surface area contributed by atoms with Crippen LogP contribution < -0.4 is 10.6 Å². The molecule has 1 amide bonds. The largest absolute Gasteiger partial charge is 0.367 e. The Morgan fingerprint density at radius 2 is 2.32 bits per heavy atom. The topological polar surface area (TPSA) is 62.5 Å². The predicted octanol–water partition coefficient (Wildman–Crippen LogP) is 0.711. The summed E-state index contributed by atoms with van der Waals surface area (Å²) in [6.07, 6.45) is 4.19.